The number of benzene rings is 2. The van der Waals surface area contributed by atoms with Crippen LogP contribution in [0.4, 0.5) is 0 Å². The number of rotatable bonds is 17. The van der Waals surface area contributed by atoms with Crippen molar-refractivity contribution in [2.75, 3.05) is 33.4 Å². The molecule has 2 aromatic rings. The van der Waals surface area contributed by atoms with Crippen LogP contribution in [0.1, 0.15) is 108 Å². The van der Waals surface area contributed by atoms with Crippen LogP contribution in [0.2, 0.25) is 0 Å². The van der Waals surface area contributed by atoms with Crippen molar-refractivity contribution in [3.63, 3.8) is 0 Å². The lowest BCUT2D eigenvalue weighted by atomic mass is 9.90. The van der Waals surface area contributed by atoms with Gasteiger partial charge in [-0.2, -0.15) is 0 Å². The summed E-state index contributed by atoms with van der Waals surface area (Å²) in [5.41, 5.74) is 7.31. The van der Waals surface area contributed by atoms with Crippen LogP contribution in [0, 0.1) is 11.8 Å². The van der Waals surface area contributed by atoms with Gasteiger partial charge in [-0.1, -0.05) is 70.2 Å². The Morgan fingerprint density at radius 2 is 1.40 bits per heavy atom. The molecule has 3 rings (SSSR count). The molecule has 5 N–H and O–H groups in total. The first-order chi connectivity index (χ1) is 19.5. The monoisotopic (exact) mass is 556 g/mol. The minimum absolute atomic E-state index is 0.416. The topological polar surface area (TPSA) is 97.0 Å². The van der Waals surface area contributed by atoms with E-state index in [2.05, 4.69) is 19.2 Å². The first-order valence-corrected chi connectivity index (χ1v) is 15.7. The van der Waals surface area contributed by atoms with Crippen LogP contribution in [0.15, 0.2) is 48.5 Å². The molecule has 2 atom stereocenters. The van der Waals surface area contributed by atoms with Crippen LogP contribution in [0.5, 0.6) is 11.5 Å². The van der Waals surface area contributed by atoms with Gasteiger partial charge in [0, 0.05) is 0 Å². The fourth-order valence-corrected chi connectivity index (χ4v) is 5.30. The lowest BCUT2D eigenvalue weighted by Gasteiger charge is -2.22. The molecule has 2 aromatic carbocycles. The zero-order valence-corrected chi connectivity index (χ0v) is 25.3. The zero-order valence-electron chi connectivity index (χ0n) is 25.3. The number of nitrogens with two attached hydrogens (primary N) is 1. The van der Waals surface area contributed by atoms with Crippen LogP contribution in [-0.2, 0) is 0 Å². The van der Waals surface area contributed by atoms with Crippen molar-refractivity contribution in [1.29, 1.82) is 0 Å². The summed E-state index contributed by atoms with van der Waals surface area (Å²) in [7, 11) is 1.90. The molecule has 1 aliphatic carbocycles. The third-order valence-electron chi connectivity index (χ3n) is 7.68. The number of ether oxygens (including phenoxy) is 2. The molecule has 1 fully saturated rings. The van der Waals surface area contributed by atoms with E-state index in [-0.39, 0.29) is 0 Å². The maximum Gasteiger partial charge on any atom is 0.119 e. The van der Waals surface area contributed by atoms with Crippen molar-refractivity contribution in [1.82, 2.24) is 5.32 Å². The molecule has 1 aliphatic rings. The van der Waals surface area contributed by atoms with Crippen LogP contribution < -0.4 is 20.5 Å². The first-order valence-electron chi connectivity index (χ1n) is 15.7. The van der Waals surface area contributed by atoms with Gasteiger partial charge in [0.1, 0.15) is 11.5 Å². The van der Waals surface area contributed by atoms with Gasteiger partial charge < -0.3 is 30.7 Å². The molecule has 0 saturated heterocycles. The number of aliphatic hydroxyl groups excluding tert-OH is 2. The van der Waals surface area contributed by atoms with Crippen molar-refractivity contribution in [3.8, 4) is 11.5 Å². The van der Waals surface area contributed by atoms with Crippen molar-refractivity contribution in [2.45, 2.75) is 96.7 Å². The Labute approximate surface area is 243 Å². The summed E-state index contributed by atoms with van der Waals surface area (Å²) in [6, 6.07) is 15.6. The molecule has 0 spiro atoms. The average molecular weight is 557 g/mol. The molecule has 6 heteroatoms. The van der Waals surface area contributed by atoms with E-state index < -0.39 is 12.2 Å². The molecule has 226 valence electrons. The van der Waals surface area contributed by atoms with Crippen LogP contribution in [-0.4, -0.2) is 43.6 Å². The van der Waals surface area contributed by atoms with E-state index in [9.17, 15) is 10.2 Å². The minimum atomic E-state index is -0.495. The van der Waals surface area contributed by atoms with Gasteiger partial charge in [-0.15, -0.1) is 0 Å². The summed E-state index contributed by atoms with van der Waals surface area (Å²) >= 11 is 0. The fourth-order valence-electron chi connectivity index (χ4n) is 5.30. The highest BCUT2D eigenvalue weighted by Crippen LogP contribution is 2.26. The summed E-state index contributed by atoms with van der Waals surface area (Å²) < 4.78 is 11.8. The van der Waals surface area contributed by atoms with E-state index in [0.717, 1.165) is 48.8 Å². The third kappa shape index (κ3) is 13.5. The highest BCUT2D eigenvalue weighted by Gasteiger charge is 2.15. The summed E-state index contributed by atoms with van der Waals surface area (Å²) in [5.74, 6) is 3.07. The second-order valence-electron chi connectivity index (χ2n) is 11.2. The summed E-state index contributed by atoms with van der Waals surface area (Å²) in [5, 5.41) is 23.1. The maximum atomic E-state index is 10.1. The highest BCUT2D eigenvalue weighted by atomic mass is 16.5. The summed E-state index contributed by atoms with van der Waals surface area (Å²) in [6.45, 7) is 7.31. The van der Waals surface area contributed by atoms with E-state index in [4.69, 9.17) is 15.2 Å². The Hall–Kier alpha value is -2.12. The van der Waals surface area contributed by atoms with Gasteiger partial charge in [-0.25, -0.2) is 0 Å². The van der Waals surface area contributed by atoms with Crippen LogP contribution in [0.25, 0.3) is 0 Å². The predicted octanol–water partition coefficient (Wildman–Crippen LogP) is 6.95. The molecular formula is C34H56N2O4. The molecule has 0 aromatic heterocycles. The second-order valence-corrected chi connectivity index (χ2v) is 11.2. The number of hydrogen-bond acceptors (Lipinski definition) is 6. The molecule has 40 heavy (non-hydrogen) atoms. The SMILES string of the molecule is CCCC(CCC)COc1cccc(C(O)CCN)c1.CNCCC(O)c1cccc(OCC2CCCCC2)c1. The minimum Gasteiger partial charge on any atom is -0.493 e. The van der Waals surface area contributed by atoms with Gasteiger partial charge in [0.2, 0.25) is 0 Å². The largest absolute Gasteiger partial charge is 0.493 e. The molecular weight excluding hydrogens is 500 g/mol. The lowest BCUT2D eigenvalue weighted by Crippen LogP contribution is -2.15. The highest BCUT2D eigenvalue weighted by molar-refractivity contribution is 5.30. The first kappa shape index (κ1) is 34.1. The van der Waals surface area contributed by atoms with Crippen molar-refractivity contribution in [3.05, 3.63) is 59.7 Å². The number of nitrogens with one attached hydrogen (secondary N) is 1. The molecule has 0 heterocycles. The van der Waals surface area contributed by atoms with E-state index in [1.165, 1.54) is 57.8 Å². The Morgan fingerprint density at radius 3 is 1.95 bits per heavy atom. The third-order valence-corrected chi connectivity index (χ3v) is 7.68. The summed E-state index contributed by atoms with van der Waals surface area (Å²) in [4.78, 5) is 0. The summed E-state index contributed by atoms with van der Waals surface area (Å²) in [6.07, 6.45) is 11.9. The quantitative estimate of drug-likeness (QED) is 0.168. The fraction of sp³-hybridized carbons (Fsp3) is 0.647. The second kappa shape index (κ2) is 20.7. The Balaban J connectivity index is 0.000000280. The molecule has 0 radical (unpaired) electrons. The molecule has 0 aliphatic heterocycles. The van der Waals surface area contributed by atoms with Gasteiger partial charge in [-0.05, 0) is 106 Å². The maximum absolute atomic E-state index is 10.1. The van der Waals surface area contributed by atoms with Crippen molar-refractivity contribution in [2.24, 2.45) is 17.6 Å². The van der Waals surface area contributed by atoms with E-state index in [1.54, 1.807) is 0 Å². The van der Waals surface area contributed by atoms with E-state index >= 15 is 0 Å². The lowest BCUT2D eigenvalue weighted by molar-refractivity contribution is 0.166. The number of hydrogen-bond donors (Lipinski definition) is 4. The van der Waals surface area contributed by atoms with Gasteiger partial charge in [0.25, 0.3) is 0 Å². The van der Waals surface area contributed by atoms with Crippen molar-refractivity contribution >= 4 is 0 Å². The molecule has 0 bridgehead atoms. The van der Waals surface area contributed by atoms with E-state index in [0.29, 0.717) is 24.8 Å². The van der Waals surface area contributed by atoms with Gasteiger partial charge in [-0.3, -0.25) is 0 Å². The zero-order chi connectivity index (χ0) is 29.0. The molecule has 6 nitrogen and oxygen atoms in total. The predicted molar refractivity (Wildman–Crippen MR) is 166 cm³/mol. The van der Waals surface area contributed by atoms with Gasteiger partial charge in [0.15, 0.2) is 0 Å². The Kier molecular flexibility index (Phi) is 17.6. The van der Waals surface area contributed by atoms with E-state index in [1.807, 2.05) is 55.6 Å². The van der Waals surface area contributed by atoms with Crippen molar-refractivity contribution < 1.29 is 19.7 Å². The van der Waals surface area contributed by atoms with Gasteiger partial charge in [0.05, 0.1) is 25.4 Å². The molecule has 1 saturated carbocycles. The van der Waals surface area contributed by atoms with Gasteiger partial charge >= 0.3 is 0 Å². The average Bonchev–Trinajstić information content (AvgIpc) is 2.99. The molecule has 0 amide bonds. The van der Waals surface area contributed by atoms with Crippen LogP contribution in [0.3, 0.4) is 0 Å². The number of aliphatic hydroxyl groups is 2. The standard InChI is InChI=1S/C17H27NO2.C17H29NO2/c1-18-11-10-17(19)15-8-5-9-16(12-15)20-13-14-6-3-2-4-7-14;1-3-6-14(7-4-2)13-20-16-9-5-8-15(12-16)17(19)10-11-18/h5,8-9,12,14,17-19H,2-4,6-7,10-11,13H2,1H3;5,8-9,12,14,17,19H,3-4,6-7,10-11,13,18H2,1-2H3. The Bertz CT molecular complexity index is 897. The Morgan fingerprint density at radius 1 is 0.825 bits per heavy atom. The normalized spacial score (nSPS) is 15.3. The smallest absolute Gasteiger partial charge is 0.119 e. The molecule has 2 unspecified atom stereocenters. The van der Waals surface area contributed by atoms with Crippen LogP contribution >= 0.6 is 0 Å².